The molecule has 0 N–H and O–H groups in total. The fraction of sp³-hybridized carbons (Fsp3) is 0.136. The SMILES string of the molecule is Cc1ccccn1.Cc1ccco1.Cc1cccs1.c1ccccc1. The summed E-state index contributed by atoms with van der Waals surface area (Å²) >= 11 is 1.78. The summed E-state index contributed by atoms with van der Waals surface area (Å²) in [5, 5.41) is 2.08. The molecule has 130 valence electrons. The maximum Gasteiger partial charge on any atom is 0.100 e. The second kappa shape index (κ2) is 13.8. The summed E-state index contributed by atoms with van der Waals surface area (Å²) < 4.78 is 4.83. The van der Waals surface area contributed by atoms with Gasteiger partial charge in [0.2, 0.25) is 0 Å². The van der Waals surface area contributed by atoms with E-state index >= 15 is 0 Å². The van der Waals surface area contributed by atoms with E-state index in [0.29, 0.717) is 0 Å². The van der Waals surface area contributed by atoms with E-state index in [0.717, 1.165) is 11.5 Å². The predicted molar refractivity (Wildman–Crippen MR) is 108 cm³/mol. The van der Waals surface area contributed by atoms with Gasteiger partial charge in [0.15, 0.2) is 0 Å². The summed E-state index contributed by atoms with van der Waals surface area (Å²) in [6.45, 7) is 5.99. The van der Waals surface area contributed by atoms with Crippen LogP contribution in [0.4, 0.5) is 0 Å². The maximum absolute atomic E-state index is 4.83. The molecule has 0 aliphatic heterocycles. The van der Waals surface area contributed by atoms with Crippen molar-refractivity contribution in [2.45, 2.75) is 20.8 Å². The van der Waals surface area contributed by atoms with E-state index in [4.69, 9.17) is 4.42 Å². The highest BCUT2D eigenvalue weighted by Crippen LogP contribution is 2.03. The molecule has 0 fully saturated rings. The van der Waals surface area contributed by atoms with Crippen LogP contribution in [-0.4, -0.2) is 4.98 Å². The van der Waals surface area contributed by atoms with Crippen LogP contribution in [0.25, 0.3) is 0 Å². The predicted octanol–water partition coefficient (Wildman–Crippen LogP) is 6.72. The zero-order chi connectivity index (χ0) is 18.2. The van der Waals surface area contributed by atoms with E-state index in [1.165, 1.54) is 4.88 Å². The van der Waals surface area contributed by atoms with Crippen molar-refractivity contribution in [2.75, 3.05) is 0 Å². The fourth-order valence-corrected chi connectivity index (χ4v) is 2.08. The molecule has 2 nitrogen and oxygen atoms in total. The van der Waals surface area contributed by atoms with E-state index in [1.807, 2.05) is 80.6 Å². The maximum atomic E-state index is 4.83. The molecular weight excluding hydrogens is 326 g/mol. The minimum absolute atomic E-state index is 0.968. The van der Waals surface area contributed by atoms with Gasteiger partial charge in [0.1, 0.15) is 5.76 Å². The number of rotatable bonds is 0. The number of nitrogens with zero attached hydrogens (tertiary/aromatic N) is 1. The van der Waals surface area contributed by atoms with Crippen LogP contribution in [0.15, 0.2) is 101 Å². The molecule has 3 heterocycles. The van der Waals surface area contributed by atoms with Crippen molar-refractivity contribution in [3.63, 3.8) is 0 Å². The van der Waals surface area contributed by atoms with Crippen LogP contribution in [0, 0.1) is 20.8 Å². The number of hydrogen-bond acceptors (Lipinski definition) is 3. The van der Waals surface area contributed by atoms with Crippen molar-refractivity contribution in [3.8, 4) is 0 Å². The minimum atomic E-state index is 0.968. The fourth-order valence-electron chi connectivity index (χ4n) is 1.55. The topological polar surface area (TPSA) is 26.0 Å². The lowest BCUT2D eigenvalue weighted by atomic mass is 10.4. The quantitative estimate of drug-likeness (QED) is 0.351. The Kier molecular flexibility index (Phi) is 11.2. The first-order chi connectivity index (χ1) is 12.2. The Hall–Kier alpha value is -2.65. The summed E-state index contributed by atoms with van der Waals surface area (Å²) in [6.07, 6.45) is 3.45. The van der Waals surface area contributed by atoms with Gasteiger partial charge in [0.05, 0.1) is 6.26 Å². The molecule has 0 atom stereocenters. The van der Waals surface area contributed by atoms with Crippen LogP contribution >= 0.6 is 11.3 Å². The zero-order valence-electron chi connectivity index (χ0n) is 15.0. The lowest BCUT2D eigenvalue weighted by Gasteiger charge is -1.82. The minimum Gasteiger partial charge on any atom is -0.470 e. The Morgan fingerprint density at radius 3 is 1.60 bits per heavy atom. The van der Waals surface area contributed by atoms with Crippen LogP contribution in [0.3, 0.4) is 0 Å². The van der Waals surface area contributed by atoms with Crippen molar-refractivity contribution < 1.29 is 4.42 Å². The molecule has 0 saturated heterocycles. The Morgan fingerprint density at radius 2 is 1.40 bits per heavy atom. The standard InChI is InChI=1S/C6H7N.C6H6.C5H6O.C5H6S/c1-6-4-2-3-5-7-6;1-2-4-6-5-3-1;2*1-5-3-2-4-6-5/h2-5H,1H3;1-6H;2*2-4H,1H3. The summed E-state index contributed by atoms with van der Waals surface area (Å²) in [4.78, 5) is 5.36. The normalized spacial score (nSPS) is 8.60. The Bertz CT molecular complexity index is 661. The summed E-state index contributed by atoms with van der Waals surface area (Å²) in [6, 6.07) is 25.8. The lowest BCUT2D eigenvalue weighted by molar-refractivity contribution is 0.534. The molecule has 0 aliphatic carbocycles. The summed E-state index contributed by atoms with van der Waals surface area (Å²) in [5.74, 6) is 0.968. The number of thiophene rings is 1. The van der Waals surface area contributed by atoms with Gasteiger partial charge in [-0.25, -0.2) is 0 Å². The van der Waals surface area contributed by atoms with Gasteiger partial charge in [-0.2, -0.15) is 0 Å². The van der Waals surface area contributed by atoms with E-state index in [-0.39, 0.29) is 0 Å². The molecule has 3 aromatic heterocycles. The molecule has 0 spiro atoms. The summed E-state index contributed by atoms with van der Waals surface area (Å²) in [5.41, 5.74) is 1.07. The molecule has 0 radical (unpaired) electrons. The second-order valence-electron chi connectivity index (χ2n) is 5.07. The van der Waals surface area contributed by atoms with Gasteiger partial charge in [-0.05, 0) is 56.5 Å². The first kappa shape index (κ1) is 20.4. The van der Waals surface area contributed by atoms with E-state index in [9.17, 15) is 0 Å². The molecular formula is C22H25NOS. The lowest BCUT2D eigenvalue weighted by Crippen LogP contribution is -1.72. The largest absolute Gasteiger partial charge is 0.470 e. The summed E-state index contributed by atoms with van der Waals surface area (Å²) in [7, 11) is 0. The molecule has 4 aromatic rings. The number of hydrogen-bond donors (Lipinski definition) is 0. The van der Waals surface area contributed by atoms with Gasteiger partial charge in [0, 0.05) is 16.8 Å². The first-order valence-electron chi connectivity index (χ1n) is 8.06. The third-order valence-electron chi connectivity index (χ3n) is 2.81. The smallest absolute Gasteiger partial charge is 0.100 e. The second-order valence-corrected chi connectivity index (χ2v) is 6.23. The van der Waals surface area contributed by atoms with Gasteiger partial charge < -0.3 is 4.42 Å². The van der Waals surface area contributed by atoms with Gasteiger partial charge in [-0.1, -0.05) is 48.5 Å². The Labute approximate surface area is 154 Å². The first-order valence-corrected chi connectivity index (χ1v) is 8.94. The van der Waals surface area contributed by atoms with E-state index in [1.54, 1.807) is 23.8 Å². The Morgan fingerprint density at radius 1 is 0.720 bits per heavy atom. The number of aromatic nitrogens is 1. The van der Waals surface area contributed by atoms with Gasteiger partial charge in [-0.15, -0.1) is 11.3 Å². The molecule has 0 aliphatic rings. The van der Waals surface area contributed by atoms with Crippen LogP contribution in [0.2, 0.25) is 0 Å². The van der Waals surface area contributed by atoms with Crippen LogP contribution < -0.4 is 0 Å². The molecule has 25 heavy (non-hydrogen) atoms. The molecule has 0 bridgehead atoms. The van der Waals surface area contributed by atoms with Gasteiger partial charge >= 0.3 is 0 Å². The van der Waals surface area contributed by atoms with Crippen molar-refractivity contribution in [1.29, 1.82) is 0 Å². The number of furan rings is 1. The van der Waals surface area contributed by atoms with Crippen LogP contribution in [0.5, 0.6) is 0 Å². The third kappa shape index (κ3) is 12.4. The van der Waals surface area contributed by atoms with Crippen molar-refractivity contribution in [3.05, 3.63) is 113 Å². The molecule has 3 heteroatoms. The molecule has 0 unspecified atom stereocenters. The zero-order valence-corrected chi connectivity index (χ0v) is 15.8. The van der Waals surface area contributed by atoms with Crippen molar-refractivity contribution in [2.24, 2.45) is 0 Å². The highest BCUT2D eigenvalue weighted by atomic mass is 32.1. The van der Waals surface area contributed by atoms with E-state index in [2.05, 4.69) is 29.4 Å². The van der Waals surface area contributed by atoms with Gasteiger partial charge in [-0.3, -0.25) is 4.98 Å². The van der Waals surface area contributed by atoms with Gasteiger partial charge in [0.25, 0.3) is 0 Å². The monoisotopic (exact) mass is 351 g/mol. The highest BCUT2D eigenvalue weighted by Gasteiger charge is 1.76. The van der Waals surface area contributed by atoms with Crippen LogP contribution in [-0.2, 0) is 0 Å². The average molecular weight is 352 g/mol. The molecule has 0 amide bonds. The molecule has 0 saturated carbocycles. The Balaban J connectivity index is 0.000000167. The number of pyridine rings is 1. The third-order valence-corrected chi connectivity index (χ3v) is 3.61. The highest BCUT2D eigenvalue weighted by molar-refractivity contribution is 7.09. The number of benzene rings is 1. The average Bonchev–Trinajstić information content (AvgIpc) is 3.32. The van der Waals surface area contributed by atoms with Crippen molar-refractivity contribution in [1.82, 2.24) is 4.98 Å². The van der Waals surface area contributed by atoms with E-state index < -0.39 is 0 Å². The number of aryl methyl sites for hydroxylation is 3. The molecule has 4 rings (SSSR count). The van der Waals surface area contributed by atoms with Crippen LogP contribution in [0.1, 0.15) is 16.3 Å². The molecule has 1 aromatic carbocycles. The van der Waals surface area contributed by atoms with Crippen molar-refractivity contribution >= 4 is 11.3 Å².